The highest BCUT2D eigenvalue weighted by molar-refractivity contribution is 5.83. The number of nitrogens with one attached hydrogen (secondary N) is 2. The molecule has 1 aromatic heterocycles. The van der Waals surface area contributed by atoms with Gasteiger partial charge in [0.1, 0.15) is 0 Å². The second-order valence-electron chi connectivity index (χ2n) is 5.07. The van der Waals surface area contributed by atoms with E-state index in [1.807, 2.05) is 18.3 Å². The summed E-state index contributed by atoms with van der Waals surface area (Å²) in [5.41, 5.74) is 2.40. The molecule has 1 saturated heterocycles. The number of ether oxygens (including phenoxy) is 1. The van der Waals surface area contributed by atoms with E-state index in [1.165, 1.54) is 10.9 Å². The first-order chi connectivity index (χ1) is 9.33. The summed E-state index contributed by atoms with van der Waals surface area (Å²) in [5.74, 6) is 0.557. The van der Waals surface area contributed by atoms with Crippen molar-refractivity contribution in [2.75, 3.05) is 19.8 Å². The maximum Gasteiger partial charge on any atom is 0.220 e. The Hall–Kier alpha value is -1.81. The van der Waals surface area contributed by atoms with E-state index in [0.29, 0.717) is 18.9 Å². The maximum absolute atomic E-state index is 11.7. The Balaban J connectivity index is 1.50. The van der Waals surface area contributed by atoms with Crippen LogP contribution in [-0.4, -0.2) is 30.6 Å². The molecule has 1 aliphatic heterocycles. The van der Waals surface area contributed by atoms with Crippen molar-refractivity contribution in [3.8, 4) is 0 Å². The number of carbonyl (C=O) groups is 1. The van der Waals surface area contributed by atoms with Gasteiger partial charge in [0.25, 0.3) is 0 Å². The van der Waals surface area contributed by atoms with Crippen molar-refractivity contribution < 1.29 is 9.53 Å². The molecular formula is C15H18N2O2. The molecule has 2 aromatic rings. The average molecular weight is 258 g/mol. The fourth-order valence-corrected chi connectivity index (χ4v) is 2.41. The lowest BCUT2D eigenvalue weighted by Gasteiger charge is -2.25. The van der Waals surface area contributed by atoms with Gasteiger partial charge in [-0.2, -0.15) is 0 Å². The number of para-hydroxylation sites is 1. The fraction of sp³-hybridized carbons (Fsp3) is 0.400. The SMILES string of the molecule is O=C(CC1COC1)NCCc1c[nH]c2ccccc12. The third-order valence-electron chi connectivity index (χ3n) is 3.57. The Bertz CT molecular complexity index is 572. The molecule has 4 heteroatoms. The third-order valence-corrected chi connectivity index (χ3v) is 3.57. The van der Waals surface area contributed by atoms with Crippen LogP contribution in [0.15, 0.2) is 30.5 Å². The van der Waals surface area contributed by atoms with Crippen molar-refractivity contribution in [3.63, 3.8) is 0 Å². The molecule has 1 amide bonds. The van der Waals surface area contributed by atoms with Gasteiger partial charge in [-0.05, 0) is 18.1 Å². The van der Waals surface area contributed by atoms with E-state index in [-0.39, 0.29) is 5.91 Å². The number of H-pyrrole nitrogens is 1. The second-order valence-corrected chi connectivity index (χ2v) is 5.07. The van der Waals surface area contributed by atoms with Gasteiger partial charge in [-0.3, -0.25) is 4.79 Å². The highest BCUT2D eigenvalue weighted by atomic mass is 16.5. The van der Waals surface area contributed by atoms with Crippen molar-refractivity contribution in [3.05, 3.63) is 36.0 Å². The monoisotopic (exact) mass is 258 g/mol. The van der Waals surface area contributed by atoms with Crippen molar-refractivity contribution in [1.29, 1.82) is 0 Å². The first-order valence-corrected chi connectivity index (χ1v) is 6.72. The van der Waals surface area contributed by atoms with E-state index < -0.39 is 0 Å². The van der Waals surface area contributed by atoms with Gasteiger partial charge >= 0.3 is 0 Å². The molecule has 0 unspecified atom stereocenters. The lowest BCUT2D eigenvalue weighted by Crippen LogP contribution is -2.35. The van der Waals surface area contributed by atoms with Crippen LogP contribution in [-0.2, 0) is 16.0 Å². The van der Waals surface area contributed by atoms with Gasteiger partial charge in [-0.15, -0.1) is 0 Å². The van der Waals surface area contributed by atoms with E-state index >= 15 is 0 Å². The predicted molar refractivity (Wildman–Crippen MR) is 73.9 cm³/mol. The molecular weight excluding hydrogens is 240 g/mol. The summed E-state index contributed by atoms with van der Waals surface area (Å²) >= 11 is 0. The minimum Gasteiger partial charge on any atom is -0.381 e. The molecule has 1 fully saturated rings. The molecule has 1 aliphatic rings. The molecule has 0 atom stereocenters. The lowest BCUT2D eigenvalue weighted by atomic mass is 10.0. The highest BCUT2D eigenvalue weighted by Gasteiger charge is 2.21. The van der Waals surface area contributed by atoms with Gasteiger partial charge in [0.2, 0.25) is 5.91 Å². The summed E-state index contributed by atoms with van der Waals surface area (Å²) in [4.78, 5) is 14.9. The van der Waals surface area contributed by atoms with Crippen LogP contribution in [0.3, 0.4) is 0 Å². The minimum absolute atomic E-state index is 0.133. The van der Waals surface area contributed by atoms with Crippen LogP contribution >= 0.6 is 0 Å². The predicted octanol–water partition coefficient (Wildman–Crippen LogP) is 1.86. The normalized spacial score (nSPS) is 15.4. The van der Waals surface area contributed by atoms with Crippen LogP contribution in [0.4, 0.5) is 0 Å². The summed E-state index contributed by atoms with van der Waals surface area (Å²) in [6.45, 7) is 2.15. The summed E-state index contributed by atoms with van der Waals surface area (Å²) < 4.78 is 5.06. The molecule has 19 heavy (non-hydrogen) atoms. The molecule has 0 saturated carbocycles. The summed E-state index contributed by atoms with van der Waals surface area (Å²) in [5, 5.41) is 4.22. The second kappa shape index (κ2) is 5.45. The Morgan fingerprint density at radius 3 is 3.00 bits per heavy atom. The third kappa shape index (κ3) is 2.79. The Kier molecular flexibility index (Phi) is 3.51. The van der Waals surface area contributed by atoms with E-state index in [0.717, 1.165) is 25.2 Å². The molecule has 2 N–H and O–H groups in total. The first-order valence-electron chi connectivity index (χ1n) is 6.72. The van der Waals surface area contributed by atoms with Crippen molar-refractivity contribution in [2.45, 2.75) is 12.8 Å². The van der Waals surface area contributed by atoms with E-state index in [9.17, 15) is 4.79 Å². The number of benzene rings is 1. The Labute approximate surface area is 112 Å². The molecule has 0 spiro atoms. The van der Waals surface area contributed by atoms with E-state index in [1.54, 1.807) is 0 Å². The van der Waals surface area contributed by atoms with Gasteiger partial charge in [0.15, 0.2) is 0 Å². The zero-order valence-corrected chi connectivity index (χ0v) is 10.8. The zero-order valence-electron chi connectivity index (χ0n) is 10.8. The van der Waals surface area contributed by atoms with E-state index in [4.69, 9.17) is 4.74 Å². The van der Waals surface area contributed by atoms with Crippen LogP contribution in [0.5, 0.6) is 0 Å². The number of aromatic nitrogens is 1. The number of carbonyl (C=O) groups excluding carboxylic acids is 1. The van der Waals surface area contributed by atoms with Crippen molar-refractivity contribution >= 4 is 16.8 Å². The number of fused-ring (bicyclic) bond motifs is 1. The highest BCUT2D eigenvalue weighted by Crippen LogP contribution is 2.18. The van der Waals surface area contributed by atoms with Crippen LogP contribution in [0, 0.1) is 5.92 Å². The van der Waals surface area contributed by atoms with Gasteiger partial charge < -0.3 is 15.0 Å². The Morgan fingerprint density at radius 1 is 1.37 bits per heavy atom. The average Bonchev–Trinajstić information content (AvgIpc) is 2.78. The van der Waals surface area contributed by atoms with Gasteiger partial charge in [-0.1, -0.05) is 18.2 Å². The smallest absolute Gasteiger partial charge is 0.220 e. The number of amides is 1. The molecule has 1 aromatic carbocycles. The molecule has 2 heterocycles. The maximum atomic E-state index is 11.7. The number of aromatic amines is 1. The summed E-state index contributed by atoms with van der Waals surface area (Å²) in [6, 6.07) is 8.22. The van der Waals surface area contributed by atoms with Gasteiger partial charge in [0.05, 0.1) is 13.2 Å². The molecule has 4 nitrogen and oxygen atoms in total. The van der Waals surface area contributed by atoms with Crippen LogP contribution in [0.1, 0.15) is 12.0 Å². The van der Waals surface area contributed by atoms with Gasteiger partial charge in [-0.25, -0.2) is 0 Å². The quantitative estimate of drug-likeness (QED) is 0.860. The van der Waals surface area contributed by atoms with Gasteiger partial charge in [0, 0.05) is 36.0 Å². The largest absolute Gasteiger partial charge is 0.381 e. The summed E-state index contributed by atoms with van der Waals surface area (Å²) in [6.07, 6.45) is 3.47. The Morgan fingerprint density at radius 2 is 2.21 bits per heavy atom. The summed E-state index contributed by atoms with van der Waals surface area (Å²) in [7, 11) is 0. The number of hydrogen-bond donors (Lipinski definition) is 2. The van der Waals surface area contributed by atoms with Crippen LogP contribution in [0.25, 0.3) is 10.9 Å². The molecule has 3 rings (SSSR count). The minimum atomic E-state index is 0.133. The molecule has 100 valence electrons. The van der Waals surface area contributed by atoms with Crippen LogP contribution in [0.2, 0.25) is 0 Å². The zero-order chi connectivity index (χ0) is 13.1. The van der Waals surface area contributed by atoms with Crippen molar-refractivity contribution in [1.82, 2.24) is 10.3 Å². The van der Waals surface area contributed by atoms with E-state index in [2.05, 4.69) is 22.4 Å². The topological polar surface area (TPSA) is 54.1 Å². The standard InChI is InChI=1S/C15H18N2O2/c18-15(7-11-9-19-10-11)16-6-5-12-8-17-14-4-2-1-3-13(12)14/h1-4,8,11,17H,5-7,9-10H2,(H,16,18). The fourth-order valence-electron chi connectivity index (χ4n) is 2.41. The number of rotatable bonds is 5. The van der Waals surface area contributed by atoms with Crippen molar-refractivity contribution in [2.24, 2.45) is 5.92 Å². The molecule has 0 bridgehead atoms. The molecule has 0 radical (unpaired) electrons. The first kappa shape index (κ1) is 12.2. The number of hydrogen-bond acceptors (Lipinski definition) is 2. The van der Waals surface area contributed by atoms with Crippen LogP contribution < -0.4 is 5.32 Å². The molecule has 0 aliphatic carbocycles. The lowest BCUT2D eigenvalue weighted by molar-refractivity contribution is -0.126.